The molecular weight excluding hydrogens is 412 g/mol. The molecule has 0 aliphatic carbocycles. The molecule has 2 aromatic carbocycles. The van der Waals surface area contributed by atoms with Crippen molar-refractivity contribution < 1.29 is 13.5 Å². The molecule has 1 aromatic heterocycles. The van der Waals surface area contributed by atoms with Gasteiger partial charge >= 0.3 is 0 Å². The lowest BCUT2D eigenvalue weighted by molar-refractivity contribution is 0.199. The van der Waals surface area contributed by atoms with Crippen LogP contribution in [0.3, 0.4) is 0 Å². The molecule has 1 aliphatic heterocycles. The zero-order chi connectivity index (χ0) is 22.0. The first-order valence-corrected chi connectivity index (χ1v) is 12.2. The van der Waals surface area contributed by atoms with Crippen LogP contribution >= 0.6 is 0 Å². The summed E-state index contributed by atoms with van der Waals surface area (Å²) in [5, 5.41) is 14.4. The van der Waals surface area contributed by atoms with Crippen LogP contribution in [-0.4, -0.2) is 43.9 Å². The Kier molecular flexibility index (Phi) is 6.13. The molecule has 0 radical (unpaired) electrons. The summed E-state index contributed by atoms with van der Waals surface area (Å²) < 4.78 is 25.5. The Morgan fingerprint density at radius 1 is 1.23 bits per heavy atom. The van der Waals surface area contributed by atoms with Gasteiger partial charge in [-0.2, -0.15) is 0 Å². The number of sulfone groups is 1. The third-order valence-electron chi connectivity index (χ3n) is 5.62. The topological polar surface area (TPSA) is 109 Å². The van der Waals surface area contributed by atoms with Crippen molar-refractivity contribution in [1.29, 1.82) is 0 Å². The number of hydrogen-bond acceptors (Lipinski definition) is 7. The summed E-state index contributed by atoms with van der Waals surface area (Å²) in [7, 11) is -3.33. The van der Waals surface area contributed by atoms with E-state index in [1.165, 1.54) is 0 Å². The fraction of sp³-hybridized carbons (Fsp3) is 0.348. The van der Waals surface area contributed by atoms with Crippen molar-refractivity contribution in [2.24, 2.45) is 5.73 Å². The first kappa shape index (κ1) is 21.5. The van der Waals surface area contributed by atoms with E-state index in [0.29, 0.717) is 31.1 Å². The smallest absolute Gasteiger partial charge is 0.180 e. The maximum Gasteiger partial charge on any atom is 0.180 e. The SMILES string of the molecule is CC(O)c1ccc2nc(N3CCS(=O)(=O)c4ccccc4C3)cc(NCCCN)c2c1. The molecule has 0 bridgehead atoms. The van der Waals surface area contributed by atoms with Crippen molar-refractivity contribution in [1.82, 2.24) is 4.98 Å². The summed E-state index contributed by atoms with van der Waals surface area (Å²) in [5.74, 6) is 0.764. The van der Waals surface area contributed by atoms with E-state index >= 15 is 0 Å². The lowest BCUT2D eigenvalue weighted by atomic mass is 10.1. The molecule has 7 nitrogen and oxygen atoms in total. The number of nitrogens with one attached hydrogen (secondary N) is 1. The molecule has 0 fully saturated rings. The fourth-order valence-corrected chi connectivity index (χ4v) is 5.38. The zero-order valence-corrected chi connectivity index (χ0v) is 18.4. The molecule has 4 N–H and O–H groups in total. The van der Waals surface area contributed by atoms with Crippen LogP contribution < -0.4 is 16.0 Å². The fourth-order valence-electron chi connectivity index (χ4n) is 3.88. The molecule has 4 rings (SSSR count). The molecule has 164 valence electrons. The van der Waals surface area contributed by atoms with Crippen LogP contribution in [0.15, 0.2) is 53.4 Å². The molecule has 8 heteroatoms. The van der Waals surface area contributed by atoms with Crippen LogP contribution in [0.1, 0.15) is 30.6 Å². The van der Waals surface area contributed by atoms with Gasteiger partial charge in [-0.1, -0.05) is 24.3 Å². The van der Waals surface area contributed by atoms with E-state index in [1.54, 1.807) is 19.1 Å². The normalized spacial score (nSPS) is 16.5. The molecular formula is C23H28N4O3S. The number of benzene rings is 2. The van der Waals surface area contributed by atoms with Gasteiger partial charge < -0.3 is 21.1 Å². The Morgan fingerprint density at radius 2 is 2.03 bits per heavy atom. The molecule has 0 saturated heterocycles. The minimum atomic E-state index is -3.33. The number of anilines is 2. The minimum absolute atomic E-state index is 0.0423. The van der Waals surface area contributed by atoms with Gasteiger partial charge in [0, 0.05) is 36.8 Å². The third kappa shape index (κ3) is 4.51. The molecule has 0 amide bonds. The van der Waals surface area contributed by atoms with Gasteiger partial charge in [-0.05, 0) is 49.2 Å². The molecule has 31 heavy (non-hydrogen) atoms. The van der Waals surface area contributed by atoms with Crippen molar-refractivity contribution in [2.45, 2.75) is 30.9 Å². The average Bonchev–Trinajstić information content (AvgIpc) is 2.89. The van der Waals surface area contributed by atoms with Gasteiger partial charge in [0.05, 0.1) is 22.3 Å². The van der Waals surface area contributed by atoms with Crippen LogP contribution in [-0.2, 0) is 16.4 Å². The van der Waals surface area contributed by atoms with Gasteiger partial charge in [0.2, 0.25) is 0 Å². The van der Waals surface area contributed by atoms with Gasteiger partial charge in [-0.15, -0.1) is 0 Å². The summed E-state index contributed by atoms with van der Waals surface area (Å²) in [4.78, 5) is 7.25. The van der Waals surface area contributed by atoms with Gasteiger partial charge in [-0.3, -0.25) is 0 Å². The molecule has 3 aromatic rings. The molecule has 2 heterocycles. The molecule has 1 unspecified atom stereocenters. The summed E-state index contributed by atoms with van der Waals surface area (Å²) in [6.45, 7) is 3.87. The predicted octanol–water partition coefficient (Wildman–Crippen LogP) is 2.84. The second-order valence-corrected chi connectivity index (χ2v) is 9.98. The Bertz CT molecular complexity index is 1190. The number of rotatable bonds is 6. The quantitative estimate of drug-likeness (QED) is 0.506. The number of aromatic nitrogens is 1. The summed E-state index contributed by atoms with van der Waals surface area (Å²) >= 11 is 0. The summed E-state index contributed by atoms with van der Waals surface area (Å²) in [6.07, 6.45) is 0.248. The highest BCUT2D eigenvalue weighted by atomic mass is 32.2. The predicted molar refractivity (Wildman–Crippen MR) is 124 cm³/mol. The van der Waals surface area contributed by atoms with Crippen LogP contribution in [0.25, 0.3) is 10.9 Å². The molecule has 0 spiro atoms. The number of nitrogens with zero attached hydrogens (tertiary/aromatic N) is 2. The molecule has 0 saturated carbocycles. The highest BCUT2D eigenvalue weighted by Crippen LogP contribution is 2.32. The molecule has 1 aliphatic rings. The standard InChI is InChI=1S/C23H28N4O3S/c1-16(28)17-7-8-20-19(13-17)21(25-10-4-9-24)14-23(26-20)27-11-12-31(29,30)22-6-3-2-5-18(22)15-27/h2-3,5-8,13-14,16,28H,4,9-12,15,24H2,1H3,(H,25,26). The van der Waals surface area contributed by atoms with E-state index in [4.69, 9.17) is 10.7 Å². The second kappa shape index (κ2) is 8.82. The van der Waals surface area contributed by atoms with Gasteiger partial charge in [0.1, 0.15) is 5.82 Å². The van der Waals surface area contributed by atoms with Crippen LogP contribution in [0, 0.1) is 0 Å². The maximum absolute atomic E-state index is 12.7. The maximum atomic E-state index is 12.7. The number of fused-ring (bicyclic) bond motifs is 2. The van der Waals surface area contributed by atoms with Gasteiger partial charge in [-0.25, -0.2) is 13.4 Å². The largest absolute Gasteiger partial charge is 0.389 e. The number of nitrogens with two attached hydrogens (primary N) is 1. The van der Waals surface area contributed by atoms with Gasteiger partial charge in [0.15, 0.2) is 9.84 Å². The van der Waals surface area contributed by atoms with E-state index in [1.807, 2.05) is 41.3 Å². The highest BCUT2D eigenvalue weighted by molar-refractivity contribution is 7.91. The Morgan fingerprint density at radius 3 is 2.81 bits per heavy atom. The van der Waals surface area contributed by atoms with E-state index < -0.39 is 15.9 Å². The van der Waals surface area contributed by atoms with Crippen molar-refractivity contribution in [3.8, 4) is 0 Å². The Balaban J connectivity index is 1.77. The Hall–Kier alpha value is -2.68. The average molecular weight is 441 g/mol. The Labute approximate surface area is 182 Å². The van der Waals surface area contributed by atoms with Crippen LogP contribution in [0.5, 0.6) is 0 Å². The number of pyridine rings is 1. The third-order valence-corrected chi connectivity index (χ3v) is 7.41. The number of aliphatic hydroxyl groups is 1. The first-order valence-electron chi connectivity index (χ1n) is 10.5. The van der Waals surface area contributed by atoms with E-state index in [9.17, 15) is 13.5 Å². The van der Waals surface area contributed by atoms with Crippen LogP contribution in [0.4, 0.5) is 11.5 Å². The number of hydrogen-bond donors (Lipinski definition) is 3. The van der Waals surface area contributed by atoms with Crippen molar-refractivity contribution in [2.75, 3.05) is 35.6 Å². The van der Waals surface area contributed by atoms with E-state index in [0.717, 1.165) is 40.0 Å². The van der Waals surface area contributed by atoms with Crippen LogP contribution in [0.2, 0.25) is 0 Å². The lowest BCUT2D eigenvalue weighted by Crippen LogP contribution is -2.26. The highest BCUT2D eigenvalue weighted by Gasteiger charge is 2.26. The summed E-state index contributed by atoms with van der Waals surface area (Å²) in [5.41, 5.74) is 8.94. The van der Waals surface area contributed by atoms with Crippen molar-refractivity contribution in [3.05, 3.63) is 59.7 Å². The lowest BCUT2D eigenvalue weighted by Gasteiger charge is -2.23. The van der Waals surface area contributed by atoms with Crippen molar-refractivity contribution >= 4 is 32.2 Å². The first-order chi connectivity index (χ1) is 14.9. The number of aliphatic hydroxyl groups excluding tert-OH is 1. The van der Waals surface area contributed by atoms with E-state index in [2.05, 4.69) is 5.32 Å². The zero-order valence-electron chi connectivity index (χ0n) is 17.6. The summed E-state index contributed by atoms with van der Waals surface area (Å²) in [6, 6.07) is 14.9. The monoisotopic (exact) mass is 440 g/mol. The van der Waals surface area contributed by atoms with E-state index in [-0.39, 0.29) is 5.75 Å². The van der Waals surface area contributed by atoms with Crippen molar-refractivity contribution in [3.63, 3.8) is 0 Å². The second-order valence-electron chi connectivity index (χ2n) is 7.90. The molecule has 1 atom stereocenters. The van der Waals surface area contributed by atoms with Gasteiger partial charge in [0.25, 0.3) is 0 Å². The minimum Gasteiger partial charge on any atom is -0.389 e.